The molecular weight excluding hydrogens is 340 g/mol. The lowest BCUT2D eigenvalue weighted by Crippen LogP contribution is -2.48. The minimum atomic E-state index is -0.572. The Morgan fingerprint density at radius 1 is 1.15 bits per heavy atom. The van der Waals surface area contributed by atoms with Crippen molar-refractivity contribution in [2.45, 2.75) is 58.2 Å². The van der Waals surface area contributed by atoms with Crippen LogP contribution in [-0.4, -0.2) is 35.1 Å². The van der Waals surface area contributed by atoms with Gasteiger partial charge in [-0.25, -0.2) is 4.79 Å². The molecule has 3 rings (SSSR count). The number of amides is 2. The minimum Gasteiger partial charge on any atom is -0.444 e. The zero-order chi connectivity index (χ0) is 19.6. The highest BCUT2D eigenvalue weighted by molar-refractivity contribution is 5.89. The van der Waals surface area contributed by atoms with Gasteiger partial charge in [0.15, 0.2) is 0 Å². The number of benzene rings is 2. The first kappa shape index (κ1) is 19.2. The van der Waals surface area contributed by atoms with Gasteiger partial charge in [-0.2, -0.15) is 0 Å². The van der Waals surface area contributed by atoms with E-state index in [9.17, 15) is 9.59 Å². The molecule has 2 amide bonds. The third-order valence-corrected chi connectivity index (χ3v) is 4.83. The zero-order valence-electron chi connectivity index (χ0n) is 16.5. The van der Waals surface area contributed by atoms with Crippen molar-refractivity contribution in [2.75, 3.05) is 6.54 Å². The monoisotopic (exact) mass is 368 g/mol. The van der Waals surface area contributed by atoms with Gasteiger partial charge in [0.2, 0.25) is 5.91 Å². The molecule has 0 saturated carbocycles. The van der Waals surface area contributed by atoms with Gasteiger partial charge in [-0.1, -0.05) is 42.5 Å². The van der Waals surface area contributed by atoms with E-state index in [0.717, 1.165) is 22.8 Å². The van der Waals surface area contributed by atoms with Gasteiger partial charge in [0, 0.05) is 6.54 Å². The molecule has 5 heteroatoms. The van der Waals surface area contributed by atoms with E-state index in [0.29, 0.717) is 13.0 Å². The van der Waals surface area contributed by atoms with Crippen molar-refractivity contribution in [3.63, 3.8) is 0 Å². The van der Waals surface area contributed by atoms with E-state index >= 15 is 0 Å². The van der Waals surface area contributed by atoms with Crippen LogP contribution in [0.15, 0.2) is 42.5 Å². The van der Waals surface area contributed by atoms with Crippen molar-refractivity contribution in [3.05, 3.63) is 48.0 Å². The summed E-state index contributed by atoms with van der Waals surface area (Å²) in [6.45, 7) is 8.03. The van der Waals surface area contributed by atoms with E-state index in [4.69, 9.17) is 4.74 Å². The van der Waals surface area contributed by atoms with Gasteiger partial charge < -0.3 is 10.1 Å². The number of ether oxygens (including phenoxy) is 1. The Morgan fingerprint density at radius 2 is 1.85 bits per heavy atom. The standard InChI is InChI=1S/C22H28N2O3/c1-15(17-12-7-10-16-9-5-6-11-18(16)17)23-20(25)19-13-8-14-24(19)21(26)27-22(2,3)4/h5-7,9-12,15,19H,8,13-14H2,1-4H3,(H,23,25)/t15-,19+/m0/s1. The smallest absolute Gasteiger partial charge is 0.410 e. The number of rotatable bonds is 3. The summed E-state index contributed by atoms with van der Waals surface area (Å²) >= 11 is 0. The highest BCUT2D eigenvalue weighted by Gasteiger charge is 2.37. The molecule has 1 heterocycles. The van der Waals surface area contributed by atoms with Crippen LogP contribution in [0.4, 0.5) is 4.79 Å². The molecular formula is C22H28N2O3. The average molecular weight is 368 g/mol. The van der Waals surface area contributed by atoms with E-state index < -0.39 is 17.7 Å². The summed E-state index contributed by atoms with van der Waals surface area (Å²) in [6, 6.07) is 13.6. The molecule has 144 valence electrons. The number of nitrogens with zero attached hydrogens (tertiary/aromatic N) is 1. The number of fused-ring (bicyclic) bond motifs is 1. The number of hydrogen-bond acceptors (Lipinski definition) is 3. The third-order valence-electron chi connectivity index (χ3n) is 4.83. The SMILES string of the molecule is C[C@H](NC(=O)[C@H]1CCCN1C(=O)OC(C)(C)C)c1cccc2ccccc12. The predicted octanol–water partition coefficient (Wildman–Crippen LogP) is 4.42. The highest BCUT2D eigenvalue weighted by atomic mass is 16.6. The second kappa shape index (κ2) is 7.59. The van der Waals surface area contributed by atoms with Crippen molar-refractivity contribution in [3.8, 4) is 0 Å². The van der Waals surface area contributed by atoms with Crippen molar-refractivity contribution in [1.82, 2.24) is 10.2 Å². The fourth-order valence-electron chi connectivity index (χ4n) is 3.59. The van der Waals surface area contributed by atoms with Gasteiger partial charge in [-0.05, 0) is 56.9 Å². The Labute approximate surface area is 160 Å². The number of likely N-dealkylation sites (tertiary alicyclic amines) is 1. The van der Waals surface area contributed by atoms with Crippen LogP contribution >= 0.6 is 0 Å². The van der Waals surface area contributed by atoms with Gasteiger partial charge in [-0.3, -0.25) is 9.69 Å². The molecule has 1 N–H and O–H groups in total. The summed E-state index contributed by atoms with van der Waals surface area (Å²) in [4.78, 5) is 26.9. The van der Waals surface area contributed by atoms with Crippen LogP contribution in [-0.2, 0) is 9.53 Å². The Morgan fingerprint density at radius 3 is 2.59 bits per heavy atom. The Kier molecular flexibility index (Phi) is 5.40. The first-order valence-corrected chi connectivity index (χ1v) is 9.54. The van der Waals surface area contributed by atoms with Crippen LogP contribution in [0, 0.1) is 0 Å². The van der Waals surface area contributed by atoms with E-state index in [1.165, 1.54) is 0 Å². The molecule has 2 atom stereocenters. The Balaban J connectivity index is 1.73. The first-order valence-electron chi connectivity index (χ1n) is 9.54. The fraction of sp³-hybridized carbons (Fsp3) is 0.455. The van der Waals surface area contributed by atoms with Crippen LogP contribution in [0.2, 0.25) is 0 Å². The summed E-state index contributed by atoms with van der Waals surface area (Å²) in [5, 5.41) is 5.36. The number of carbonyl (C=O) groups excluding carboxylic acids is 2. The molecule has 0 aliphatic carbocycles. The molecule has 0 aromatic heterocycles. The molecule has 0 spiro atoms. The van der Waals surface area contributed by atoms with E-state index in [2.05, 4.69) is 23.5 Å². The lowest BCUT2D eigenvalue weighted by molar-refractivity contribution is -0.126. The molecule has 2 aromatic rings. The van der Waals surface area contributed by atoms with Gasteiger partial charge in [-0.15, -0.1) is 0 Å². The summed E-state index contributed by atoms with van der Waals surface area (Å²) in [7, 11) is 0. The highest BCUT2D eigenvalue weighted by Crippen LogP contribution is 2.26. The van der Waals surface area contributed by atoms with E-state index in [1.54, 1.807) is 4.90 Å². The Bertz CT molecular complexity index is 836. The lowest BCUT2D eigenvalue weighted by Gasteiger charge is -2.29. The van der Waals surface area contributed by atoms with Crippen LogP contribution in [0.5, 0.6) is 0 Å². The second-order valence-electron chi connectivity index (χ2n) is 8.13. The van der Waals surface area contributed by atoms with Gasteiger partial charge in [0.1, 0.15) is 11.6 Å². The number of hydrogen-bond donors (Lipinski definition) is 1. The quantitative estimate of drug-likeness (QED) is 0.873. The molecule has 1 aliphatic heterocycles. The second-order valence-corrected chi connectivity index (χ2v) is 8.13. The van der Waals surface area contributed by atoms with Crippen molar-refractivity contribution >= 4 is 22.8 Å². The van der Waals surface area contributed by atoms with E-state index in [1.807, 2.05) is 52.0 Å². The summed E-state index contributed by atoms with van der Waals surface area (Å²) in [5.41, 5.74) is 0.500. The maximum absolute atomic E-state index is 12.9. The Hall–Kier alpha value is -2.56. The largest absolute Gasteiger partial charge is 0.444 e. The van der Waals surface area contributed by atoms with Crippen LogP contribution in [0.3, 0.4) is 0 Å². The summed E-state index contributed by atoms with van der Waals surface area (Å²) < 4.78 is 5.46. The molecule has 27 heavy (non-hydrogen) atoms. The number of carbonyl (C=O) groups is 2. The molecule has 1 aliphatic rings. The molecule has 0 unspecified atom stereocenters. The summed E-state index contributed by atoms with van der Waals surface area (Å²) in [6.07, 6.45) is 1.05. The normalized spacial score (nSPS) is 18.4. The third kappa shape index (κ3) is 4.41. The molecule has 2 aromatic carbocycles. The predicted molar refractivity (Wildman–Crippen MR) is 106 cm³/mol. The van der Waals surface area contributed by atoms with E-state index in [-0.39, 0.29) is 11.9 Å². The maximum atomic E-state index is 12.9. The average Bonchev–Trinajstić information content (AvgIpc) is 3.10. The molecule has 0 bridgehead atoms. The lowest BCUT2D eigenvalue weighted by atomic mass is 9.99. The van der Waals surface area contributed by atoms with Crippen molar-refractivity contribution < 1.29 is 14.3 Å². The minimum absolute atomic E-state index is 0.126. The van der Waals surface area contributed by atoms with Crippen LogP contribution in [0.1, 0.15) is 52.1 Å². The first-order chi connectivity index (χ1) is 12.8. The van der Waals surface area contributed by atoms with Crippen molar-refractivity contribution in [2.24, 2.45) is 0 Å². The van der Waals surface area contributed by atoms with Gasteiger partial charge in [0.05, 0.1) is 6.04 Å². The van der Waals surface area contributed by atoms with Gasteiger partial charge in [0.25, 0.3) is 0 Å². The van der Waals surface area contributed by atoms with Gasteiger partial charge >= 0.3 is 6.09 Å². The van der Waals surface area contributed by atoms with Crippen LogP contribution in [0.25, 0.3) is 10.8 Å². The molecule has 1 saturated heterocycles. The molecule has 1 fully saturated rings. The van der Waals surface area contributed by atoms with Crippen LogP contribution < -0.4 is 5.32 Å². The fourth-order valence-corrected chi connectivity index (χ4v) is 3.59. The molecule has 5 nitrogen and oxygen atoms in total. The maximum Gasteiger partial charge on any atom is 0.410 e. The van der Waals surface area contributed by atoms with Crippen molar-refractivity contribution in [1.29, 1.82) is 0 Å². The summed E-state index contributed by atoms with van der Waals surface area (Å²) in [5.74, 6) is -0.126. The topological polar surface area (TPSA) is 58.6 Å². The molecule has 0 radical (unpaired) electrons. The zero-order valence-corrected chi connectivity index (χ0v) is 16.5. The number of nitrogens with one attached hydrogen (secondary N) is 1.